The molecule has 0 spiro atoms. The van der Waals surface area contributed by atoms with Gasteiger partial charge in [-0.05, 0) is 18.2 Å². The fourth-order valence-corrected chi connectivity index (χ4v) is 3.21. The smallest absolute Gasteiger partial charge is 0.350 e. The highest BCUT2D eigenvalue weighted by Crippen LogP contribution is 2.38. The molecule has 2 aromatic heterocycles. The van der Waals surface area contributed by atoms with Gasteiger partial charge < -0.3 is 15.8 Å². The average molecular weight is 353 g/mol. The number of nitrogen functional groups attached to an aromatic ring is 1. The van der Waals surface area contributed by atoms with E-state index in [1.165, 1.54) is 31.6 Å². The van der Waals surface area contributed by atoms with Gasteiger partial charge in [-0.15, -0.1) is 11.3 Å². The number of carbonyl (C=O) groups is 1. The molecule has 0 radical (unpaired) electrons. The highest BCUT2D eigenvalue weighted by atomic mass is 35.5. The van der Waals surface area contributed by atoms with Crippen LogP contribution in [0, 0.1) is 5.82 Å². The molecule has 2 heterocycles. The molecule has 118 valence electrons. The number of benzene rings is 1. The van der Waals surface area contributed by atoms with Crippen molar-refractivity contribution in [3.05, 3.63) is 40.2 Å². The number of rotatable bonds is 3. The van der Waals surface area contributed by atoms with Crippen molar-refractivity contribution in [1.29, 1.82) is 0 Å². The zero-order valence-corrected chi connectivity index (χ0v) is 13.3. The highest BCUT2D eigenvalue weighted by molar-refractivity contribution is 7.21. The molecule has 0 aliphatic carbocycles. The Labute approximate surface area is 139 Å². The predicted octanol–water partition coefficient (Wildman–Crippen LogP) is 3.60. The molecule has 0 saturated heterocycles. The number of methoxy groups -OCH3 is 1. The fourth-order valence-electron chi connectivity index (χ4n) is 2.01. The van der Waals surface area contributed by atoms with Crippen LogP contribution in [0.5, 0.6) is 0 Å². The minimum Gasteiger partial charge on any atom is -0.465 e. The summed E-state index contributed by atoms with van der Waals surface area (Å²) < 4.78 is 17.8. The van der Waals surface area contributed by atoms with E-state index >= 15 is 0 Å². The summed E-state index contributed by atoms with van der Waals surface area (Å²) in [4.78, 5) is 20.7. The van der Waals surface area contributed by atoms with E-state index in [9.17, 15) is 9.18 Å². The lowest BCUT2D eigenvalue weighted by Crippen LogP contribution is -2.02. The number of hydrogen-bond acceptors (Lipinski definition) is 7. The van der Waals surface area contributed by atoms with Crippen LogP contribution in [-0.4, -0.2) is 23.0 Å². The molecule has 0 fully saturated rings. The van der Waals surface area contributed by atoms with Gasteiger partial charge in [-0.25, -0.2) is 19.2 Å². The SMILES string of the molecule is COC(=O)c1sc2ncnc(Nc3ccc(F)cc3Cl)c2c1N. The Bertz CT molecular complexity index is 915. The number of carbonyl (C=O) groups excluding carboxylic acids is 1. The highest BCUT2D eigenvalue weighted by Gasteiger charge is 2.21. The van der Waals surface area contributed by atoms with E-state index in [4.69, 9.17) is 22.1 Å². The summed E-state index contributed by atoms with van der Waals surface area (Å²) in [5, 5.41) is 3.66. The van der Waals surface area contributed by atoms with E-state index in [1.807, 2.05) is 0 Å². The maximum absolute atomic E-state index is 13.1. The molecular weight excluding hydrogens is 343 g/mol. The summed E-state index contributed by atoms with van der Waals surface area (Å²) >= 11 is 7.10. The molecule has 9 heteroatoms. The second-order valence-electron chi connectivity index (χ2n) is 4.49. The Morgan fingerprint density at radius 1 is 1.43 bits per heavy atom. The molecule has 0 atom stereocenters. The number of ether oxygens (including phenoxy) is 1. The van der Waals surface area contributed by atoms with Gasteiger partial charge in [0.2, 0.25) is 0 Å². The van der Waals surface area contributed by atoms with Crippen molar-refractivity contribution in [2.75, 3.05) is 18.2 Å². The molecule has 0 saturated carbocycles. The summed E-state index contributed by atoms with van der Waals surface area (Å²) in [5.74, 6) is -0.625. The number of nitrogens with zero attached hydrogens (tertiary/aromatic N) is 2. The number of aromatic nitrogens is 2. The first kappa shape index (κ1) is 15.4. The molecule has 0 bridgehead atoms. The van der Waals surface area contributed by atoms with E-state index in [0.717, 1.165) is 11.3 Å². The number of nitrogens with two attached hydrogens (primary N) is 1. The Balaban J connectivity index is 2.11. The van der Waals surface area contributed by atoms with Gasteiger partial charge in [-0.2, -0.15) is 0 Å². The van der Waals surface area contributed by atoms with E-state index in [1.54, 1.807) is 0 Å². The van der Waals surface area contributed by atoms with Crippen LogP contribution in [0.25, 0.3) is 10.2 Å². The van der Waals surface area contributed by atoms with Crippen molar-refractivity contribution in [2.24, 2.45) is 0 Å². The maximum Gasteiger partial charge on any atom is 0.350 e. The number of nitrogens with one attached hydrogen (secondary N) is 1. The summed E-state index contributed by atoms with van der Waals surface area (Å²) in [6.07, 6.45) is 1.33. The van der Waals surface area contributed by atoms with Crippen molar-refractivity contribution in [3.63, 3.8) is 0 Å². The van der Waals surface area contributed by atoms with Crippen molar-refractivity contribution >= 4 is 56.3 Å². The molecule has 1 aromatic carbocycles. The van der Waals surface area contributed by atoms with Crippen molar-refractivity contribution in [2.45, 2.75) is 0 Å². The largest absolute Gasteiger partial charge is 0.465 e. The Morgan fingerprint density at radius 2 is 2.22 bits per heavy atom. The third-order valence-corrected chi connectivity index (χ3v) is 4.49. The molecule has 3 aromatic rings. The topological polar surface area (TPSA) is 90.1 Å². The van der Waals surface area contributed by atoms with Gasteiger partial charge in [0.15, 0.2) is 0 Å². The van der Waals surface area contributed by atoms with E-state index in [-0.39, 0.29) is 15.6 Å². The first-order valence-corrected chi connectivity index (χ1v) is 7.54. The van der Waals surface area contributed by atoms with Crippen LogP contribution < -0.4 is 11.1 Å². The van der Waals surface area contributed by atoms with Crippen LogP contribution in [0.4, 0.5) is 21.6 Å². The van der Waals surface area contributed by atoms with E-state index < -0.39 is 11.8 Å². The molecule has 0 aliphatic heterocycles. The quantitative estimate of drug-likeness (QED) is 0.700. The van der Waals surface area contributed by atoms with Crippen molar-refractivity contribution in [1.82, 2.24) is 9.97 Å². The number of thiophene rings is 1. The van der Waals surface area contributed by atoms with Crippen LogP contribution in [0.15, 0.2) is 24.5 Å². The minimum absolute atomic E-state index is 0.193. The monoisotopic (exact) mass is 352 g/mol. The maximum atomic E-state index is 13.1. The lowest BCUT2D eigenvalue weighted by atomic mass is 10.2. The summed E-state index contributed by atoms with van der Waals surface area (Å²) in [6, 6.07) is 3.93. The standard InChI is InChI=1S/C14H10ClFN4O2S/c1-22-14(21)11-10(17)9-12(18-5-19-13(9)23-11)20-8-3-2-6(16)4-7(8)15/h2-5H,17H2,1H3,(H,18,19,20). The van der Waals surface area contributed by atoms with Gasteiger partial charge in [-0.3, -0.25) is 0 Å². The Kier molecular flexibility index (Phi) is 4.01. The molecule has 3 N–H and O–H groups in total. The lowest BCUT2D eigenvalue weighted by Gasteiger charge is -2.09. The molecule has 0 aliphatic rings. The van der Waals surface area contributed by atoms with Gasteiger partial charge in [0.1, 0.15) is 27.7 Å². The molecule has 6 nitrogen and oxygen atoms in total. The zero-order valence-electron chi connectivity index (χ0n) is 11.8. The second-order valence-corrected chi connectivity index (χ2v) is 5.89. The number of fused-ring (bicyclic) bond motifs is 1. The van der Waals surface area contributed by atoms with E-state index in [0.29, 0.717) is 21.7 Å². The second kappa shape index (κ2) is 5.98. The fraction of sp³-hybridized carbons (Fsp3) is 0.0714. The zero-order chi connectivity index (χ0) is 16.6. The van der Waals surface area contributed by atoms with Gasteiger partial charge >= 0.3 is 5.97 Å². The van der Waals surface area contributed by atoms with Crippen LogP contribution in [-0.2, 0) is 4.74 Å². The van der Waals surface area contributed by atoms with Crippen LogP contribution in [0.1, 0.15) is 9.67 Å². The predicted molar refractivity (Wildman–Crippen MR) is 87.9 cm³/mol. The Hall–Kier alpha value is -2.45. The summed E-state index contributed by atoms with van der Waals surface area (Å²) in [6.45, 7) is 0. The van der Waals surface area contributed by atoms with Gasteiger partial charge in [0.05, 0.1) is 28.9 Å². The third-order valence-electron chi connectivity index (χ3n) is 3.08. The average Bonchev–Trinajstić information content (AvgIpc) is 2.87. The number of halogens is 2. The first-order valence-electron chi connectivity index (χ1n) is 6.34. The Morgan fingerprint density at radius 3 is 2.91 bits per heavy atom. The summed E-state index contributed by atoms with van der Waals surface area (Å²) in [5.41, 5.74) is 6.71. The normalized spacial score (nSPS) is 10.7. The minimum atomic E-state index is -0.545. The molecule has 0 amide bonds. The molecule has 3 rings (SSSR count). The first-order chi connectivity index (χ1) is 11.0. The molecule has 23 heavy (non-hydrogen) atoms. The lowest BCUT2D eigenvalue weighted by molar-refractivity contribution is 0.0607. The number of hydrogen-bond donors (Lipinski definition) is 2. The van der Waals surface area contributed by atoms with Gasteiger partial charge in [0, 0.05) is 0 Å². The van der Waals surface area contributed by atoms with E-state index in [2.05, 4.69) is 15.3 Å². The van der Waals surface area contributed by atoms with Gasteiger partial charge in [0.25, 0.3) is 0 Å². The third kappa shape index (κ3) is 2.78. The number of esters is 1. The van der Waals surface area contributed by atoms with Crippen molar-refractivity contribution < 1.29 is 13.9 Å². The van der Waals surface area contributed by atoms with Gasteiger partial charge in [-0.1, -0.05) is 11.6 Å². The van der Waals surface area contributed by atoms with Crippen LogP contribution in [0.2, 0.25) is 5.02 Å². The summed E-state index contributed by atoms with van der Waals surface area (Å²) in [7, 11) is 1.27. The molecular formula is C14H10ClFN4O2S. The van der Waals surface area contributed by atoms with Crippen molar-refractivity contribution in [3.8, 4) is 0 Å². The van der Waals surface area contributed by atoms with Crippen LogP contribution >= 0.6 is 22.9 Å². The number of anilines is 3. The molecule has 0 unspecified atom stereocenters. The van der Waals surface area contributed by atoms with Crippen LogP contribution in [0.3, 0.4) is 0 Å².